The highest BCUT2D eigenvalue weighted by atomic mass is 35.5. The van der Waals surface area contributed by atoms with Crippen LogP contribution in [-0.4, -0.2) is 9.97 Å². The largest absolute Gasteiger partial charge is 0.379 e. The number of nitrogens with zero attached hydrogens (tertiary/aromatic N) is 2. The van der Waals surface area contributed by atoms with Crippen LogP contribution in [0.15, 0.2) is 36.8 Å². The van der Waals surface area contributed by atoms with Gasteiger partial charge in [-0.1, -0.05) is 17.7 Å². The summed E-state index contributed by atoms with van der Waals surface area (Å²) in [6, 6.07) is 5.78. The van der Waals surface area contributed by atoms with Gasteiger partial charge >= 0.3 is 0 Å². The van der Waals surface area contributed by atoms with Gasteiger partial charge in [0.2, 0.25) is 0 Å². The first-order chi connectivity index (χ1) is 7.75. The molecule has 0 saturated carbocycles. The Labute approximate surface area is 99.5 Å². The molecule has 0 aliphatic heterocycles. The van der Waals surface area contributed by atoms with Crippen LogP contribution >= 0.6 is 11.6 Å². The fraction of sp³-hybridized carbons (Fsp3) is 0.167. The monoisotopic (exact) mass is 233 g/mol. The summed E-state index contributed by atoms with van der Waals surface area (Å²) in [6.07, 6.45) is 5.09. The zero-order valence-electron chi connectivity index (χ0n) is 8.94. The maximum atomic E-state index is 5.93. The van der Waals surface area contributed by atoms with E-state index in [0.29, 0.717) is 6.54 Å². The average molecular weight is 234 g/mol. The van der Waals surface area contributed by atoms with Crippen LogP contribution in [0.4, 0.5) is 5.69 Å². The SMILES string of the molecule is Cc1ccc(Cl)cc1NCc1cnccn1. The molecule has 0 saturated heterocycles. The molecule has 0 fully saturated rings. The molecular weight excluding hydrogens is 222 g/mol. The number of hydrogen-bond donors (Lipinski definition) is 1. The summed E-state index contributed by atoms with van der Waals surface area (Å²) in [4.78, 5) is 8.20. The molecule has 4 heteroatoms. The minimum absolute atomic E-state index is 0.648. The summed E-state index contributed by atoms with van der Waals surface area (Å²) >= 11 is 5.93. The van der Waals surface area contributed by atoms with Gasteiger partial charge in [-0.25, -0.2) is 0 Å². The van der Waals surface area contributed by atoms with Crippen LogP contribution in [0.1, 0.15) is 11.3 Å². The molecule has 82 valence electrons. The van der Waals surface area contributed by atoms with Gasteiger partial charge in [-0.15, -0.1) is 0 Å². The Kier molecular flexibility index (Phi) is 3.37. The predicted molar refractivity (Wildman–Crippen MR) is 65.5 cm³/mol. The molecule has 0 radical (unpaired) electrons. The Hall–Kier alpha value is -1.61. The van der Waals surface area contributed by atoms with E-state index >= 15 is 0 Å². The topological polar surface area (TPSA) is 37.8 Å². The molecule has 0 aliphatic carbocycles. The van der Waals surface area contributed by atoms with Crippen molar-refractivity contribution < 1.29 is 0 Å². The van der Waals surface area contributed by atoms with E-state index in [9.17, 15) is 0 Å². The van der Waals surface area contributed by atoms with Crippen molar-refractivity contribution in [3.63, 3.8) is 0 Å². The van der Waals surface area contributed by atoms with Gasteiger partial charge in [0.1, 0.15) is 0 Å². The molecule has 2 rings (SSSR count). The highest BCUT2D eigenvalue weighted by molar-refractivity contribution is 6.30. The van der Waals surface area contributed by atoms with Crippen LogP contribution in [0.25, 0.3) is 0 Å². The molecule has 0 spiro atoms. The smallest absolute Gasteiger partial charge is 0.0777 e. The summed E-state index contributed by atoms with van der Waals surface area (Å²) in [5, 5.41) is 4.01. The number of anilines is 1. The number of benzene rings is 1. The van der Waals surface area contributed by atoms with Crippen molar-refractivity contribution in [2.45, 2.75) is 13.5 Å². The Morgan fingerprint density at radius 1 is 1.31 bits per heavy atom. The number of halogens is 1. The fourth-order valence-electron chi connectivity index (χ4n) is 1.39. The quantitative estimate of drug-likeness (QED) is 0.886. The van der Waals surface area contributed by atoms with Crippen LogP contribution < -0.4 is 5.32 Å². The van der Waals surface area contributed by atoms with Gasteiger partial charge in [0, 0.05) is 23.1 Å². The lowest BCUT2D eigenvalue weighted by molar-refractivity contribution is 1.01. The Morgan fingerprint density at radius 3 is 2.94 bits per heavy atom. The van der Waals surface area contributed by atoms with E-state index in [-0.39, 0.29) is 0 Å². The van der Waals surface area contributed by atoms with Crippen LogP contribution in [0.5, 0.6) is 0 Å². The predicted octanol–water partition coefficient (Wildman–Crippen LogP) is 3.05. The normalized spacial score (nSPS) is 10.1. The summed E-state index contributed by atoms with van der Waals surface area (Å²) in [6.45, 7) is 2.68. The van der Waals surface area contributed by atoms with Gasteiger partial charge in [0.05, 0.1) is 18.4 Å². The first-order valence-electron chi connectivity index (χ1n) is 5.00. The number of aryl methyl sites for hydroxylation is 1. The molecule has 1 N–H and O–H groups in total. The third-order valence-electron chi connectivity index (χ3n) is 2.28. The first kappa shape index (κ1) is 10.9. The van der Waals surface area contributed by atoms with Crippen LogP contribution in [0.3, 0.4) is 0 Å². The fourth-order valence-corrected chi connectivity index (χ4v) is 1.56. The van der Waals surface area contributed by atoms with Crippen LogP contribution in [0, 0.1) is 6.92 Å². The van der Waals surface area contributed by atoms with E-state index < -0.39 is 0 Å². The van der Waals surface area contributed by atoms with E-state index in [4.69, 9.17) is 11.6 Å². The summed E-state index contributed by atoms with van der Waals surface area (Å²) in [5.41, 5.74) is 3.09. The van der Waals surface area contributed by atoms with Crippen molar-refractivity contribution in [1.82, 2.24) is 9.97 Å². The second-order valence-corrected chi connectivity index (χ2v) is 3.95. The maximum Gasteiger partial charge on any atom is 0.0777 e. The van der Waals surface area contributed by atoms with E-state index in [1.165, 1.54) is 0 Å². The highest BCUT2D eigenvalue weighted by Gasteiger charge is 1.99. The van der Waals surface area contributed by atoms with Gasteiger partial charge in [0.15, 0.2) is 0 Å². The third kappa shape index (κ3) is 2.70. The lowest BCUT2D eigenvalue weighted by atomic mass is 10.2. The second kappa shape index (κ2) is 4.94. The number of rotatable bonds is 3. The van der Waals surface area contributed by atoms with Gasteiger partial charge in [-0.05, 0) is 24.6 Å². The molecule has 1 aromatic carbocycles. The first-order valence-corrected chi connectivity index (χ1v) is 5.38. The van der Waals surface area contributed by atoms with Crippen molar-refractivity contribution in [2.24, 2.45) is 0 Å². The molecule has 0 aliphatic rings. The van der Waals surface area contributed by atoms with Gasteiger partial charge in [0.25, 0.3) is 0 Å². The Morgan fingerprint density at radius 2 is 2.19 bits per heavy atom. The lowest BCUT2D eigenvalue weighted by Gasteiger charge is -2.09. The summed E-state index contributed by atoms with van der Waals surface area (Å²) in [7, 11) is 0. The van der Waals surface area contributed by atoms with Crippen molar-refractivity contribution in [1.29, 1.82) is 0 Å². The van der Waals surface area contributed by atoms with Crippen molar-refractivity contribution in [2.75, 3.05) is 5.32 Å². The maximum absolute atomic E-state index is 5.93. The molecule has 0 amide bonds. The standard InChI is InChI=1S/C12H12ClN3/c1-9-2-3-10(13)6-12(9)16-8-11-7-14-4-5-15-11/h2-7,16H,8H2,1H3. The molecule has 0 atom stereocenters. The van der Waals surface area contributed by atoms with E-state index in [1.807, 2.05) is 25.1 Å². The van der Waals surface area contributed by atoms with Crippen LogP contribution in [-0.2, 0) is 6.54 Å². The van der Waals surface area contributed by atoms with Gasteiger partial charge in [-0.3, -0.25) is 9.97 Å². The number of nitrogens with one attached hydrogen (secondary N) is 1. The number of hydrogen-bond acceptors (Lipinski definition) is 3. The molecule has 16 heavy (non-hydrogen) atoms. The van der Waals surface area contributed by atoms with Crippen molar-refractivity contribution in [3.8, 4) is 0 Å². The van der Waals surface area contributed by atoms with E-state index in [0.717, 1.165) is 22.0 Å². The Bertz CT molecular complexity index is 471. The minimum Gasteiger partial charge on any atom is -0.379 e. The molecular formula is C12H12ClN3. The summed E-state index contributed by atoms with van der Waals surface area (Å²) in [5.74, 6) is 0. The number of aromatic nitrogens is 2. The Balaban J connectivity index is 2.08. The minimum atomic E-state index is 0.648. The van der Waals surface area contributed by atoms with Gasteiger partial charge < -0.3 is 5.32 Å². The molecule has 0 bridgehead atoms. The lowest BCUT2D eigenvalue weighted by Crippen LogP contribution is -2.03. The third-order valence-corrected chi connectivity index (χ3v) is 2.51. The molecule has 2 aromatic rings. The zero-order chi connectivity index (χ0) is 11.4. The molecule has 3 nitrogen and oxygen atoms in total. The van der Waals surface area contributed by atoms with Crippen molar-refractivity contribution >= 4 is 17.3 Å². The zero-order valence-corrected chi connectivity index (χ0v) is 9.70. The average Bonchev–Trinajstić information content (AvgIpc) is 2.32. The molecule has 0 unspecified atom stereocenters. The second-order valence-electron chi connectivity index (χ2n) is 3.51. The van der Waals surface area contributed by atoms with Crippen molar-refractivity contribution in [3.05, 3.63) is 53.1 Å². The van der Waals surface area contributed by atoms with E-state index in [2.05, 4.69) is 15.3 Å². The van der Waals surface area contributed by atoms with Gasteiger partial charge in [-0.2, -0.15) is 0 Å². The van der Waals surface area contributed by atoms with Crippen LogP contribution in [0.2, 0.25) is 5.02 Å². The molecule has 1 aromatic heterocycles. The molecule has 1 heterocycles. The summed E-state index contributed by atoms with van der Waals surface area (Å²) < 4.78 is 0. The highest BCUT2D eigenvalue weighted by Crippen LogP contribution is 2.20. The van der Waals surface area contributed by atoms with E-state index in [1.54, 1.807) is 18.6 Å².